The van der Waals surface area contributed by atoms with Crippen LogP contribution in [-0.4, -0.2) is 49.0 Å². The van der Waals surface area contributed by atoms with Gasteiger partial charge in [-0.15, -0.1) is 0 Å². The van der Waals surface area contributed by atoms with Gasteiger partial charge in [-0.3, -0.25) is 0 Å². The van der Waals surface area contributed by atoms with Gasteiger partial charge in [0.2, 0.25) is 10.0 Å². The highest BCUT2D eigenvalue weighted by Gasteiger charge is 2.44. The summed E-state index contributed by atoms with van der Waals surface area (Å²) in [5.74, 6) is 0.377. The lowest BCUT2D eigenvalue weighted by atomic mass is 9.74. The van der Waals surface area contributed by atoms with E-state index in [0.717, 1.165) is 27.7 Å². The van der Waals surface area contributed by atoms with Crippen molar-refractivity contribution in [2.24, 2.45) is 0 Å². The van der Waals surface area contributed by atoms with Gasteiger partial charge < -0.3 is 4.74 Å². The number of ether oxygens (including phenoxy) is 1. The van der Waals surface area contributed by atoms with E-state index in [2.05, 4.69) is 23.3 Å². The monoisotopic (exact) mass is 479 g/mol. The molecule has 0 saturated carbocycles. The summed E-state index contributed by atoms with van der Waals surface area (Å²) < 4.78 is 47.4. The second-order valence-corrected chi connectivity index (χ2v) is 10.9. The molecule has 1 saturated heterocycles. The zero-order valence-electron chi connectivity index (χ0n) is 19.1. The number of nitrogens with zero attached hydrogens (tertiary/aromatic N) is 3. The Balaban J connectivity index is 1.65. The van der Waals surface area contributed by atoms with Crippen molar-refractivity contribution >= 4 is 20.9 Å². The van der Waals surface area contributed by atoms with E-state index in [-0.39, 0.29) is 5.82 Å². The summed E-state index contributed by atoms with van der Waals surface area (Å²) in [4.78, 5) is 0. The zero-order valence-corrected chi connectivity index (χ0v) is 19.9. The summed E-state index contributed by atoms with van der Waals surface area (Å²) in [5.41, 5.74) is 3.25. The molecule has 4 aromatic rings. The van der Waals surface area contributed by atoms with Gasteiger partial charge in [0, 0.05) is 35.5 Å². The van der Waals surface area contributed by atoms with E-state index >= 15 is 0 Å². The van der Waals surface area contributed by atoms with Crippen LogP contribution in [0.5, 0.6) is 5.75 Å². The number of rotatable bonds is 6. The Morgan fingerprint density at radius 2 is 1.82 bits per heavy atom. The van der Waals surface area contributed by atoms with Crippen LogP contribution in [0.4, 0.5) is 4.39 Å². The molecule has 1 atom stereocenters. The Hall–Kier alpha value is -3.23. The molecule has 1 aromatic heterocycles. The molecule has 0 aliphatic carbocycles. The van der Waals surface area contributed by atoms with Gasteiger partial charge in [0.15, 0.2) is 0 Å². The number of halogens is 1. The van der Waals surface area contributed by atoms with Crippen LogP contribution in [-0.2, 0) is 21.9 Å². The molecule has 1 unspecified atom stereocenters. The van der Waals surface area contributed by atoms with Gasteiger partial charge in [0.25, 0.3) is 0 Å². The van der Waals surface area contributed by atoms with E-state index in [1.165, 1.54) is 18.4 Å². The number of aromatic nitrogens is 2. The first-order valence-corrected chi connectivity index (χ1v) is 13.0. The predicted molar refractivity (Wildman–Crippen MR) is 130 cm³/mol. The number of sulfonamides is 1. The summed E-state index contributed by atoms with van der Waals surface area (Å²) in [5, 5.41) is 5.44. The predicted octanol–water partition coefficient (Wildman–Crippen LogP) is 4.32. The summed E-state index contributed by atoms with van der Waals surface area (Å²) in [7, 11) is -1.70. The van der Waals surface area contributed by atoms with E-state index in [1.54, 1.807) is 34.4 Å². The molecule has 1 fully saturated rings. The van der Waals surface area contributed by atoms with Crippen molar-refractivity contribution in [1.82, 2.24) is 14.1 Å². The van der Waals surface area contributed by atoms with Crippen molar-refractivity contribution in [3.63, 3.8) is 0 Å². The van der Waals surface area contributed by atoms with Crippen molar-refractivity contribution in [3.05, 3.63) is 89.9 Å². The molecule has 0 bridgehead atoms. The smallest absolute Gasteiger partial charge is 0.211 e. The van der Waals surface area contributed by atoms with Gasteiger partial charge >= 0.3 is 0 Å². The van der Waals surface area contributed by atoms with Crippen LogP contribution in [0, 0.1) is 5.82 Å². The highest BCUT2D eigenvalue weighted by molar-refractivity contribution is 7.88. The Morgan fingerprint density at radius 1 is 1.09 bits per heavy atom. The first kappa shape index (κ1) is 22.6. The van der Waals surface area contributed by atoms with Gasteiger partial charge in [-0.25, -0.2) is 21.8 Å². The largest absolute Gasteiger partial charge is 0.496 e. The quantitative estimate of drug-likeness (QED) is 0.413. The molecule has 1 aliphatic rings. The number of hydrogen-bond acceptors (Lipinski definition) is 4. The maximum atomic E-state index is 13.4. The minimum atomic E-state index is -3.33. The SMILES string of the molecule is COc1cc2c(cnn2-c2ccc(F)cc2)cc1C1(Cc2ccccc2)CCN(S(C)(=O)=O)C1. The van der Waals surface area contributed by atoms with Crippen LogP contribution in [0.25, 0.3) is 16.6 Å². The fraction of sp³-hybridized carbons (Fsp3) is 0.269. The third kappa shape index (κ3) is 4.08. The van der Waals surface area contributed by atoms with E-state index in [0.29, 0.717) is 31.7 Å². The van der Waals surface area contributed by atoms with Crippen LogP contribution in [0.2, 0.25) is 0 Å². The maximum Gasteiger partial charge on any atom is 0.211 e. The molecule has 3 aromatic carbocycles. The highest BCUT2D eigenvalue weighted by atomic mass is 32.2. The summed E-state index contributed by atoms with van der Waals surface area (Å²) >= 11 is 0. The molecular formula is C26H26FN3O3S. The number of fused-ring (bicyclic) bond motifs is 1. The maximum absolute atomic E-state index is 13.4. The number of methoxy groups -OCH3 is 1. The van der Waals surface area contributed by atoms with Crippen molar-refractivity contribution < 1.29 is 17.5 Å². The number of benzene rings is 3. The normalized spacial score (nSPS) is 19.0. The molecular weight excluding hydrogens is 453 g/mol. The molecule has 8 heteroatoms. The van der Waals surface area contributed by atoms with Crippen LogP contribution in [0.1, 0.15) is 17.5 Å². The lowest BCUT2D eigenvalue weighted by molar-refractivity contribution is 0.371. The standard InChI is InChI=1S/C26H26FN3O3S/c1-33-25-15-24-20(17-28-30(24)22-10-8-21(27)9-11-22)14-23(25)26(16-19-6-4-3-5-7-19)12-13-29(18-26)34(2,31)32/h3-11,14-15,17H,12-13,16,18H2,1-2H3. The van der Waals surface area contributed by atoms with Gasteiger partial charge in [-0.2, -0.15) is 5.10 Å². The lowest BCUT2D eigenvalue weighted by Gasteiger charge is -2.31. The molecule has 176 valence electrons. The van der Waals surface area contributed by atoms with Gasteiger partial charge in [0.1, 0.15) is 11.6 Å². The average molecular weight is 480 g/mol. The van der Waals surface area contributed by atoms with E-state index in [1.807, 2.05) is 24.3 Å². The third-order valence-corrected chi connectivity index (χ3v) is 7.95. The first-order chi connectivity index (χ1) is 16.3. The van der Waals surface area contributed by atoms with Gasteiger partial charge in [-0.05, 0) is 48.7 Å². The fourth-order valence-electron chi connectivity index (χ4n) is 4.99. The Labute approximate surface area is 198 Å². The summed E-state index contributed by atoms with van der Waals surface area (Å²) in [6.07, 6.45) is 4.41. The molecule has 2 heterocycles. The molecule has 6 nitrogen and oxygen atoms in total. The molecule has 0 N–H and O–H groups in total. The number of hydrogen-bond donors (Lipinski definition) is 0. The van der Waals surface area contributed by atoms with Crippen LogP contribution in [0.3, 0.4) is 0 Å². The highest BCUT2D eigenvalue weighted by Crippen LogP contribution is 2.44. The third-order valence-electron chi connectivity index (χ3n) is 6.70. The van der Waals surface area contributed by atoms with E-state index in [9.17, 15) is 12.8 Å². The van der Waals surface area contributed by atoms with Crippen molar-refractivity contribution in [2.45, 2.75) is 18.3 Å². The van der Waals surface area contributed by atoms with Gasteiger partial charge in [0.05, 0.1) is 30.8 Å². The Kier molecular flexibility index (Phi) is 5.65. The van der Waals surface area contributed by atoms with Crippen LogP contribution >= 0.6 is 0 Å². The molecule has 1 aliphatic heterocycles. The minimum absolute atomic E-state index is 0.306. The fourth-order valence-corrected chi connectivity index (χ4v) is 5.89. The molecule has 5 rings (SSSR count). The van der Waals surface area contributed by atoms with E-state index in [4.69, 9.17) is 4.74 Å². The van der Waals surface area contributed by atoms with Crippen LogP contribution < -0.4 is 4.74 Å². The zero-order chi connectivity index (χ0) is 23.9. The van der Waals surface area contributed by atoms with Gasteiger partial charge in [-0.1, -0.05) is 30.3 Å². The molecule has 0 amide bonds. The second kappa shape index (κ2) is 8.52. The Bertz CT molecular complexity index is 1440. The second-order valence-electron chi connectivity index (χ2n) is 8.93. The molecule has 34 heavy (non-hydrogen) atoms. The Morgan fingerprint density at radius 3 is 2.47 bits per heavy atom. The average Bonchev–Trinajstić information content (AvgIpc) is 3.44. The van der Waals surface area contributed by atoms with Crippen molar-refractivity contribution in [1.29, 1.82) is 0 Å². The minimum Gasteiger partial charge on any atom is -0.496 e. The molecule has 0 spiro atoms. The topological polar surface area (TPSA) is 64.4 Å². The van der Waals surface area contributed by atoms with E-state index < -0.39 is 15.4 Å². The van der Waals surface area contributed by atoms with Crippen molar-refractivity contribution in [3.8, 4) is 11.4 Å². The summed E-state index contributed by atoms with van der Waals surface area (Å²) in [6.45, 7) is 0.844. The molecule has 0 radical (unpaired) electrons. The van der Waals surface area contributed by atoms with Crippen molar-refractivity contribution in [2.75, 3.05) is 26.5 Å². The summed E-state index contributed by atoms with van der Waals surface area (Å²) in [6, 6.07) is 20.3. The first-order valence-electron chi connectivity index (χ1n) is 11.1. The lowest BCUT2D eigenvalue weighted by Crippen LogP contribution is -2.36. The van der Waals surface area contributed by atoms with Crippen LogP contribution in [0.15, 0.2) is 72.9 Å².